The number of esters is 2. The number of carboxylic acids is 1. The summed E-state index contributed by atoms with van der Waals surface area (Å²) in [5.74, 6) is -2.55. The number of allylic oxidation sites excluding steroid dienone is 16. The summed E-state index contributed by atoms with van der Waals surface area (Å²) >= 11 is 0. The molecular weight excluding hydrogens is 757 g/mol. The van der Waals surface area contributed by atoms with Crippen molar-refractivity contribution in [2.75, 3.05) is 19.8 Å². The molecule has 0 spiro atoms. The van der Waals surface area contributed by atoms with Crippen molar-refractivity contribution in [3.05, 3.63) is 97.2 Å². The average molecular weight is 832 g/mol. The number of unbranched alkanes of at least 4 members (excludes halogenated alkanes) is 8. The zero-order chi connectivity index (χ0) is 42.8. The van der Waals surface area contributed by atoms with Gasteiger partial charge in [0.05, 0.1) is 13.2 Å². The second-order valence-electron chi connectivity index (χ2n) is 13.8. The summed E-state index contributed by atoms with van der Waals surface area (Å²) in [7, 11) is -4.75. The second-order valence-corrected chi connectivity index (χ2v) is 15.2. The van der Waals surface area contributed by atoms with Gasteiger partial charge < -0.3 is 25.2 Å². The predicted molar refractivity (Wildman–Crippen MR) is 235 cm³/mol. The van der Waals surface area contributed by atoms with Gasteiger partial charge in [-0.1, -0.05) is 137 Å². The summed E-state index contributed by atoms with van der Waals surface area (Å²) in [6.07, 6.45) is 50.6. The number of phosphoric ester groups is 1. The molecule has 0 rings (SSSR count). The normalized spacial score (nSPS) is 14.7. The highest BCUT2D eigenvalue weighted by atomic mass is 31.2. The predicted octanol–water partition coefficient (Wildman–Crippen LogP) is 11.3. The number of nitrogens with two attached hydrogens (primary N) is 1. The average Bonchev–Trinajstić information content (AvgIpc) is 3.20. The summed E-state index contributed by atoms with van der Waals surface area (Å²) in [6, 6.07) is -1.54. The minimum Gasteiger partial charge on any atom is -0.480 e. The van der Waals surface area contributed by atoms with Gasteiger partial charge in [-0.05, 0) is 89.9 Å². The number of carbonyl (C=O) groups is 3. The maximum absolute atomic E-state index is 12.6. The molecule has 0 aromatic carbocycles. The molecule has 1 unspecified atom stereocenters. The number of hydrogen-bond acceptors (Lipinski definition) is 9. The highest BCUT2D eigenvalue weighted by molar-refractivity contribution is 7.47. The molecule has 3 atom stereocenters. The number of carbonyl (C=O) groups excluding carboxylic acids is 2. The van der Waals surface area contributed by atoms with Crippen molar-refractivity contribution in [3.63, 3.8) is 0 Å². The van der Waals surface area contributed by atoms with Crippen LogP contribution in [0.2, 0.25) is 0 Å². The molecule has 0 aliphatic carbocycles. The lowest BCUT2D eigenvalue weighted by atomic mass is 10.1. The Labute approximate surface area is 349 Å². The molecule has 4 N–H and O–H groups in total. The van der Waals surface area contributed by atoms with Crippen LogP contribution in [0.25, 0.3) is 0 Å². The van der Waals surface area contributed by atoms with Crippen molar-refractivity contribution in [2.45, 2.75) is 154 Å². The van der Waals surface area contributed by atoms with Gasteiger partial charge in [0.1, 0.15) is 12.6 Å². The fraction of sp³-hybridized carbons (Fsp3) is 0.587. The molecule has 0 aromatic rings. The monoisotopic (exact) mass is 832 g/mol. The van der Waals surface area contributed by atoms with E-state index in [2.05, 4.69) is 97.4 Å². The summed E-state index contributed by atoms with van der Waals surface area (Å²) < 4.78 is 32.5. The Morgan fingerprint density at radius 2 is 0.931 bits per heavy atom. The van der Waals surface area contributed by atoms with Crippen LogP contribution in [-0.2, 0) is 37.5 Å². The number of ether oxygens (including phenoxy) is 2. The molecule has 0 aliphatic heterocycles. The molecule has 328 valence electrons. The smallest absolute Gasteiger partial charge is 0.472 e. The Bertz CT molecular complexity index is 1350. The maximum atomic E-state index is 12.6. The molecule has 0 fully saturated rings. The van der Waals surface area contributed by atoms with Crippen molar-refractivity contribution in [1.29, 1.82) is 0 Å². The molecule has 0 saturated carbocycles. The van der Waals surface area contributed by atoms with Crippen LogP contribution in [0.15, 0.2) is 97.2 Å². The molecule has 0 saturated heterocycles. The lowest BCUT2D eigenvalue weighted by molar-refractivity contribution is -0.161. The number of carboxylic acid groups (broad SMARTS) is 1. The van der Waals surface area contributed by atoms with E-state index < -0.39 is 57.7 Å². The number of aliphatic carboxylic acids is 1. The molecule has 0 heterocycles. The van der Waals surface area contributed by atoms with Gasteiger partial charge in [-0.25, -0.2) is 4.57 Å². The van der Waals surface area contributed by atoms with E-state index in [-0.39, 0.29) is 12.8 Å². The first-order chi connectivity index (χ1) is 28.1. The van der Waals surface area contributed by atoms with E-state index in [1.54, 1.807) is 0 Å². The van der Waals surface area contributed by atoms with E-state index in [4.69, 9.17) is 24.8 Å². The summed E-state index contributed by atoms with van der Waals surface area (Å²) in [4.78, 5) is 45.9. The molecule has 11 nitrogen and oxygen atoms in total. The first-order valence-electron chi connectivity index (χ1n) is 21.3. The Kier molecular flexibility index (Phi) is 37.7. The molecule has 0 amide bonds. The lowest BCUT2D eigenvalue weighted by Crippen LogP contribution is -2.34. The van der Waals surface area contributed by atoms with Crippen molar-refractivity contribution < 1.29 is 47.5 Å². The minimum atomic E-state index is -4.75. The van der Waals surface area contributed by atoms with Crippen LogP contribution >= 0.6 is 7.82 Å². The quantitative estimate of drug-likeness (QED) is 0.0234. The van der Waals surface area contributed by atoms with Gasteiger partial charge in [-0.2, -0.15) is 0 Å². The summed E-state index contributed by atoms with van der Waals surface area (Å²) in [6.45, 7) is 2.60. The number of phosphoric acid groups is 1. The molecular formula is C46H74NO10P. The van der Waals surface area contributed by atoms with Crippen molar-refractivity contribution in [2.24, 2.45) is 5.73 Å². The number of hydrogen-bond donors (Lipinski definition) is 3. The largest absolute Gasteiger partial charge is 0.480 e. The highest BCUT2D eigenvalue weighted by Crippen LogP contribution is 2.43. The molecule has 12 heteroatoms. The number of rotatable bonds is 38. The standard InChI is InChI=1S/C46H74NO10P/c1-3-5-7-9-11-13-15-17-19-20-21-22-24-26-28-30-32-34-36-38-45(49)57-42(40-55-58(52,53)56-41-43(47)46(50)51)39-54-44(48)37-35-33-31-29-27-25-23-18-16-14-12-10-8-6-4-2/h11-14,17-19,21-23,26-29,32,34,42-43H,3-10,15-16,20,24-25,30-31,33,35-41,47H2,1-2H3,(H,50,51)(H,52,53)/b13-11-,14-12-,19-17-,22-21-,23-18-,28-26-,29-27-,34-32-/t42-,43+/m1/s1. The van der Waals surface area contributed by atoms with Crippen molar-refractivity contribution >= 4 is 25.7 Å². The van der Waals surface area contributed by atoms with Crippen LogP contribution in [0, 0.1) is 0 Å². The van der Waals surface area contributed by atoms with E-state index in [1.807, 2.05) is 18.2 Å². The summed E-state index contributed by atoms with van der Waals surface area (Å²) in [5, 5.41) is 8.88. The van der Waals surface area contributed by atoms with Gasteiger partial charge in [0.15, 0.2) is 6.10 Å². The zero-order valence-electron chi connectivity index (χ0n) is 35.3. The van der Waals surface area contributed by atoms with Crippen molar-refractivity contribution in [1.82, 2.24) is 0 Å². The van der Waals surface area contributed by atoms with Gasteiger partial charge in [-0.3, -0.25) is 23.4 Å². The highest BCUT2D eigenvalue weighted by Gasteiger charge is 2.28. The fourth-order valence-corrected chi connectivity index (χ4v) is 5.71. The zero-order valence-corrected chi connectivity index (χ0v) is 36.2. The van der Waals surface area contributed by atoms with Crippen LogP contribution in [-0.4, -0.2) is 59.9 Å². The first-order valence-corrected chi connectivity index (χ1v) is 22.8. The van der Waals surface area contributed by atoms with Gasteiger partial charge in [0.2, 0.25) is 0 Å². The van der Waals surface area contributed by atoms with Gasteiger partial charge in [-0.15, -0.1) is 0 Å². The van der Waals surface area contributed by atoms with E-state index in [9.17, 15) is 23.8 Å². The van der Waals surface area contributed by atoms with E-state index >= 15 is 0 Å². The van der Waals surface area contributed by atoms with Crippen molar-refractivity contribution in [3.8, 4) is 0 Å². The van der Waals surface area contributed by atoms with Gasteiger partial charge >= 0.3 is 25.7 Å². The first kappa shape index (κ1) is 54.4. The molecule has 0 aliphatic rings. The third-order valence-corrected chi connectivity index (χ3v) is 9.27. The van der Waals surface area contributed by atoms with E-state index in [0.29, 0.717) is 19.3 Å². The Hall–Kier alpha value is -3.60. The maximum Gasteiger partial charge on any atom is 0.472 e. The van der Waals surface area contributed by atoms with E-state index in [1.165, 1.54) is 38.5 Å². The SMILES string of the molecule is CCCCC/C=C\C/C=C\C/C=C\C/C=C\C/C=C\CCC(=O)O[C@H](COC(=O)CCCC/C=C\C/C=C\C/C=C\CCCCC)COP(=O)(O)OC[C@H](N)C(=O)O. The van der Waals surface area contributed by atoms with E-state index in [0.717, 1.165) is 57.8 Å². The topological polar surface area (TPSA) is 172 Å². The van der Waals surface area contributed by atoms with Gasteiger partial charge in [0, 0.05) is 12.8 Å². The molecule has 0 aromatic heterocycles. The van der Waals surface area contributed by atoms with Crippen LogP contribution in [0.5, 0.6) is 0 Å². The second kappa shape index (κ2) is 40.2. The Morgan fingerprint density at radius 1 is 0.534 bits per heavy atom. The van der Waals surface area contributed by atoms with Gasteiger partial charge in [0.25, 0.3) is 0 Å². The Balaban J connectivity index is 4.60. The van der Waals surface area contributed by atoms with Crippen LogP contribution in [0.4, 0.5) is 0 Å². The van der Waals surface area contributed by atoms with Crippen LogP contribution in [0.3, 0.4) is 0 Å². The molecule has 0 bridgehead atoms. The lowest BCUT2D eigenvalue weighted by Gasteiger charge is -2.20. The van der Waals surface area contributed by atoms with Crippen LogP contribution < -0.4 is 5.73 Å². The third-order valence-electron chi connectivity index (χ3n) is 8.32. The fourth-order valence-electron chi connectivity index (χ4n) is 4.93. The minimum absolute atomic E-state index is 0.0236. The molecule has 0 radical (unpaired) electrons. The van der Waals surface area contributed by atoms with Crippen LogP contribution in [0.1, 0.15) is 142 Å². The summed E-state index contributed by atoms with van der Waals surface area (Å²) in [5.41, 5.74) is 5.32. The third kappa shape index (κ3) is 39.2. The molecule has 58 heavy (non-hydrogen) atoms. The Morgan fingerprint density at radius 3 is 1.36 bits per heavy atom.